The van der Waals surface area contributed by atoms with Crippen LogP contribution in [0, 0.1) is 0 Å². The van der Waals surface area contributed by atoms with E-state index >= 15 is 0 Å². The summed E-state index contributed by atoms with van der Waals surface area (Å²) in [5.74, 6) is 1.67. The van der Waals surface area contributed by atoms with Gasteiger partial charge in [-0.2, -0.15) is 0 Å². The smallest absolute Gasteiger partial charge is 0.231 e. The van der Waals surface area contributed by atoms with Crippen LogP contribution in [0.25, 0.3) is 0 Å². The summed E-state index contributed by atoms with van der Waals surface area (Å²) in [6.07, 6.45) is 3.92. The molecule has 0 bridgehead atoms. The maximum atomic E-state index is 13.4. The number of aromatic nitrogens is 1. The molecule has 178 valence electrons. The summed E-state index contributed by atoms with van der Waals surface area (Å²) in [5, 5.41) is 5.17. The van der Waals surface area contributed by atoms with E-state index in [0.29, 0.717) is 6.42 Å². The van der Waals surface area contributed by atoms with Gasteiger partial charge >= 0.3 is 0 Å². The van der Waals surface area contributed by atoms with E-state index in [1.54, 1.807) is 11.3 Å². The quantitative estimate of drug-likeness (QED) is 0.441. The van der Waals surface area contributed by atoms with E-state index < -0.39 is 5.41 Å². The molecule has 1 saturated carbocycles. The Morgan fingerprint density at radius 1 is 1.21 bits per heavy atom. The summed E-state index contributed by atoms with van der Waals surface area (Å²) in [6, 6.07) is 13.7. The number of rotatable bonds is 10. The van der Waals surface area contributed by atoms with Gasteiger partial charge in [0, 0.05) is 29.2 Å². The molecule has 1 aliphatic carbocycles. The number of halogens is 1. The van der Waals surface area contributed by atoms with Crippen molar-refractivity contribution < 1.29 is 14.3 Å². The molecule has 0 radical (unpaired) electrons. The summed E-state index contributed by atoms with van der Waals surface area (Å²) in [4.78, 5) is 21.2. The molecule has 6 nitrogen and oxygen atoms in total. The normalized spacial score (nSPS) is 16.6. The van der Waals surface area contributed by atoms with E-state index in [4.69, 9.17) is 21.1 Å². The molecule has 0 saturated heterocycles. The van der Waals surface area contributed by atoms with Gasteiger partial charge in [-0.15, -0.1) is 11.3 Å². The average molecular weight is 498 g/mol. The predicted octanol–water partition coefficient (Wildman–Crippen LogP) is 4.61. The van der Waals surface area contributed by atoms with Crippen molar-refractivity contribution in [3.05, 3.63) is 74.7 Å². The largest absolute Gasteiger partial charge is 0.454 e. The standard InChI is InChI=1S/C26H28ClN3O3S/c1-30(2)12-11-28-25(18-5-3-4-6-19(18)27)22-15-29-24(34-22)14-23(31)26(9-10-26)17-7-8-20-21(13-17)33-16-32-20/h3-8,13,15,25,28H,9-12,14,16H2,1-2H3. The third kappa shape index (κ3) is 4.70. The third-order valence-corrected chi connectivity index (χ3v) is 7.91. The summed E-state index contributed by atoms with van der Waals surface area (Å²) in [7, 11) is 4.10. The number of carbonyl (C=O) groups excluding carboxylic acids is 1. The number of ether oxygens (including phenoxy) is 2. The van der Waals surface area contributed by atoms with E-state index in [-0.39, 0.29) is 18.6 Å². The number of likely N-dealkylation sites (N-methyl/N-ethyl adjacent to an activating group) is 1. The van der Waals surface area contributed by atoms with Gasteiger partial charge in [-0.1, -0.05) is 35.9 Å². The molecule has 1 atom stereocenters. The lowest BCUT2D eigenvalue weighted by Gasteiger charge is -2.20. The molecule has 8 heteroatoms. The van der Waals surface area contributed by atoms with Gasteiger partial charge in [0.15, 0.2) is 11.5 Å². The number of benzene rings is 2. The van der Waals surface area contributed by atoms with Crippen molar-refractivity contribution >= 4 is 28.7 Å². The number of fused-ring (bicyclic) bond motifs is 1. The van der Waals surface area contributed by atoms with Crippen LogP contribution in [-0.4, -0.2) is 49.6 Å². The molecule has 1 N–H and O–H groups in total. The Bertz CT molecular complexity index is 1190. The van der Waals surface area contributed by atoms with Gasteiger partial charge in [-0.05, 0) is 56.3 Å². The number of carbonyl (C=O) groups is 1. The fourth-order valence-electron chi connectivity index (χ4n) is 4.40. The van der Waals surface area contributed by atoms with Gasteiger partial charge in [-0.3, -0.25) is 4.79 Å². The Hall–Kier alpha value is -2.45. The Kier molecular flexibility index (Phi) is 6.62. The zero-order valence-electron chi connectivity index (χ0n) is 19.3. The van der Waals surface area contributed by atoms with Crippen LogP contribution in [0.4, 0.5) is 0 Å². The van der Waals surface area contributed by atoms with Crippen LogP contribution < -0.4 is 14.8 Å². The first-order chi connectivity index (χ1) is 16.5. The first kappa shape index (κ1) is 23.3. The molecular weight excluding hydrogens is 470 g/mol. The highest BCUT2D eigenvalue weighted by atomic mass is 35.5. The molecule has 1 fully saturated rings. The number of nitrogens with one attached hydrogen (secondary N) is 1. The van der Waals surface area contributed by atoms with Gasteiger partial charge in [0.1, 0.15) is 10.8 Å². The lowest BCUT2D eigenvalue weighted by atomic mass is 9.89. The van der Waals surface area contributed by atoms with Crippen LogP contribution in [0.3, 0.4) is 0 Å². The van der Waals surface area contributed by atoms with Crippen molar-refractivity contribution in [3.63, 3.8) is 0 Å². The molecule has 2 heterocycles. The van der Waals surface area contributed by atoms with Crippen molar-refractivity contribution in [1.82, 2.24) is 15.2 Å². The predicted molar refractivity (Wildman–Crippen MR) is 134 cm³/mol. The first-order valence-corrected chi connectivity index (χ1v) is 12.7. The summed E-state index contributed by atoms with van der Waals surface area (Å²) >= 11 is 8.12. The minimum atomic E-state index is -0.432. The number of hydrogen-bond acceptors (Lipinski definition) is 7. The minimum absolute atomic E-state index is 0.0706. The highest BCUT2D eigenvalue weighted by Gasteiger charge is 2.51. The Balaban J connectivity index is 1.33. The number of nitrogens with zero attached hydrogens (tertiary/aromatic N) is 2. The molecule has 34 heavy (non-hydrogen) atoms. The fourth-order valence-corrected chi connectivity index (χ4v) is 5.66. The summed E-state index contributed by atoms with van der Waals surface area (Å²) in [6.45, 7) is 1.95. The number of hydrogen-bond donors (Lipinski definition) is 1. The number of ketones is 1. The van der Waals surface area contributed by atoms with Crippen LogP contribution in [0.5, 0.6) is 11.5 Å². The molecular formula is C26H28ClN3O3S. The second kappa shape index (κ2) is 9.66. The highest BCUT2D eigenvalue weighted by Crippen LogP contribution is 2.51. The van der Waals surface area contributed by atoms with Crippen LogP contribution in [-0.2, 0) is 16.6 Å². The van der Waals surface area contributed by atoms with E-state index in [0.717, 1.165) is 63.5 Å². The molecule has 0 amide bonds. The molecule has 2 aromatic carbocycles. The Labute approximate surface area is 208 Å². The zero-order valence-corrected chi connectivity index (χ0v) is 20.9. The monoisotopic (exact) mass is 497 g/mol. The van der Waals surface area contributed by atoms with Crippen LogP contribution >= 0.6 is 22.9 Å². The SMILES string of the molecule is CN(C)CCNC(c1cnc(CC(=O)C2(c3ccc4c(c3)OCO4)CC2)s1)c1ccccc1Cl. The Morgan fingerprint density at radius 3 is 2.76 bits per heavy atom. The number of thiazole rings is 1. The van der Waals surface area contributed by atoms with Gasteiger partial charge in [0.2, 0.25) is 6.79 Å². The van der Waals surface area contributed by atoms with Crippen LogP contribution in [0.15, 0.2) is 48.7 Å². The number of Topliss-reactive ketones (excluding diaryl/α,β-unsaturated/α-hetero) is 1. The summed E-state index contributed by atoms with van der Waals surface area (Å²) in [5.41, 5.74) is 1.60. The lowest BCUT2D eigenvalue weighted by molar-refractivity contribution is -0.120. The maximum absolute atomic E-state index is 13.4. The highest BCUT2D eigenvalue weighted by molar-refractivity contribution is 7.11. The van der Waals surface area contributed by atoms with Crippen molar-refractivity contribution in [2.75, 3.05) is 34.0 Å². The molecule has 1 unspecified atom stereocenters. The molecule has 3 aromatic rings. The molecule has 1 aliphatic heterocycles. The molecule has 1 aromatic heterocycles. The van der Waals surface area contributed by atoms with Crippen molar-refractivity contribution in [2.24, 2.45) is 0 Å². The van der Waals surface area contributed by atoms with Crippen molar-refractivity contribution in [1.29, 1.82) is 0 Å². The van der Waals surface area contributed by atoms with Gasteiger partial charge in [0.05, 0.1) is 17.9 Å². The van der Waals surface area contributed by atoms with Gasteiger partial charge < -0.3 is 19.7 Å². The lowest BCUT2D eigenvalue weighted by Crippen LogP contribution is -2.30. The minimum Gasteiger partial charge on any atom is -0.454 e. The van der Waals surface area contributed by atoms with E-state index in [2.05, 4.69) is 29.3 Å². The van der Waals surface area contributed by atoms with Crippen molar-refractivity contribution in [3.8, 4) is 11.5 Å². The van der Waals surface area contributed by atoms with Crippen LogP contribution in [0.2, 0.25) is 5.02 Å². The molecule has 5 rings (SSSR count). The van der Waals surface area contributed by atoms with E-state index in [9.17, 15) is 4.79 Å². The topological polar surface area (TPSA) is 63.7 Å². The zero-order chi connectivity index (χ0) is 23.7. The second-order valence-electron chi connectivity index (χ2n) is 9.12. The van der Waals surface area contributed by atoms with E-state index in [1.807, 2.05) is 48.7 Å². The van der Waals surface area contributed by atoms with E-state index in [1.165, 1.54) is 0 Å². The second-order valence-corrected chi connectivity index (χ2v) is 10.7. The average Bonchev–Trinajstić information content (AvgIpc) is 3.28. The van der Waals surface area contributed by atoms with Gasteiger partial charge in [0.25, 0.3) is 0 Å². The fraction of sp³-hybridized carbons (Fsp3) is 0.385. The maximum Gasteiger partial charge on any atom is 0.231 e. The molecule has 0 spiro atoms. The Morgan fingerprint density at radius 2 is 2.00 bits per heavy atom. The summed E-state index contributed by atoms with van der Waals surface area (Å²) < 4.78 is 10.9. The third-order valence-electron chi connectivity index (χ3n) is 6.50. The van der Waals surface area contributed by atoms with Gasteiger partial charge in [-0.25, -0.2) is 4.98 Å². The molecule has 2 aliphatic rings. The van der Waals surface area contributed by atoms with Crippen molar-refractivity contribution in [2.45, 2.75) is 30.7 Å². The van der Waals surface area contributed by atoms with Crippen LogP contribution in [0.1, 0.15) is 39.9 Å². The first-order valence-electron chi connectivity index (χ1n) is 11.5.